The molecular weight excluding hydrogens is 256 g/mol. The Labute approximate surface area is 96.3 Å². The minimum absolute atomic E-state index is 0.511. The van der Waals surface area contributed by atoms with E-state index in [2.05, 4.69) is 25.9 Å². The highest BCUT2D eigenvalue weighted by Crippen LogP contribution is 2.13. The normalized spacial score (nSPS) is 9.93. The van der Waals surface area contributed by atoms with E-state index in [1.807, 2.05) is 24.3 Å². The maximum absolute atomic E-state index is 5.49. The summed E-state index contributed by atoms with van der Waals surface area (Å²) in [5.41, 5.74) is 1.08. The van der Waals surface area contributed by atoms with Gasteiger partial charge in [0.05, 0.1) is 0 Å². The first-order valence-electron chi connectivity index (χ1n) is 4.48. The summed E-state index contributed by atoms with van der Waals surface area (Å²) >= 11 is 3.32. The molecule has 2 aromatic rings. The minimum atomic E-state index is 0.511. The fraction of sp³-hybridized carbons (Fsp3) is 0.0909. The molecule has 0 radical (unpaired) electrons. The third-order valence-corrected chi connectivity index (χ3v) is 2.31. The number of rotatable bonds is 3. The van der Waals surface area contributed by atoms with Crippen LogP contribution in [-0.2, 0) is 6.61 Å². The number of ether oxygens (including phenoxy) is 1. The average molecular weight is 265 g/mol. The van der Waals surface area contributed by atoms with E-state index >= 15 is 0 Å². The summed E-state index contributed by atoms with van der Waals surface area (Å²) in [5, 5.41) is 0. The molecule has 2 rings (SSSR count). The summed E-state index contributed by atoms with van der Waals surface area (Å²) in [6.07, 6.45) is 5.20. The molecule has 0 fully saturated rings. The maximum Gasteiger partial charge on any atom is 0.213 e. The molecule has 76 valence electrons. The lowest BCUT2D eigenvalue weighted by atomic mass is 10.3. The molecule has 0 aromatic carbocycles. The van der Waals surface area contributed by atoms with Crippen LogP contribution in [0.3, 0.4) is 0 Å². The Bertz CT molecular complexity index is 416. The van der Waals surface area contributed by atoms with Gasteiger partial charge in [0.15, 0.2) is 0 Å². The van der Waals surface area contributed by atoms with Gasteiger partial charge in [-0.25, -0.2) is 4.98 Å². The largest absolute Gasteiger partial charge is 0.473 e. The van der Waals surface area contributed by atoms with Gasteiger partial charge in [0.1, 0.15) is 6.61 Å². The van der Waals surface area contributed by atoms with E-state index in [4.69, 9.17) is 4.74 Å². The molecule has 0 amide bonds. The summed E-state index contributed by atoms with van der Waals surface area (Å²) in [7, 11) is 0. The van der Waals surface area contributed by atoms with E-state index in [1.165, 1.54) is 0 Å². The van der Waals surface area contributed by atoms with Crippen LogP contribution in [0.2, 0.25) is 0 Å². The Morgan fingerprint density at radius 1 is 1.13 bits per heavy atom. The Balaban J connectivity index is 1.96. The lowest BCUT2D eigenvalue weighted by Gasteiger charge is -2.04. The second-order valence-electron chi connectivity index (χ2n) is 2.96. The van der Waals surface area contributed by atoms with Crippen molar-refractivity contribution in [2.75, 3.05) is 0 Å². The maximum atomic E-state index is 5.49. The van der Waals surface area contributed by atoms with Gasteiger partial charge < -0.3 is 4.74 Å². The van der Waals surface area contributed by atoms with Gasteiger partial charge in [-0.05, 0) is 39.7 Å². The first-order valence-corrected chi connectivity index (χ1v) is 5.27. The first-order chi connectivity index (χ1) is 7.34. The van der Waals surface area contributed by atoms with E-state index in [9.17, 15) is 0 Å². The zero-order chi connectivity index (χ0) is 10.5. The van der Waals surface area contributed by atoms with Crippen molar-refractivity contribution < 1.29 is 4.74 Å². The molecular formula is C11H9BrN2O. The Morgan fingerprint density at radius 2 is 1.93 bits per heavy atom. The van der Waals surface area contributed by atoms with Gasteiger partial charge in [-0.2, -0.15) is 0 Å². The highest BCUT2D eigenvalue weighted by Gasteiger charge is 1.96. The average Bonchev–Trinajstić information content (AvgIpc) is 2.30. The van der Waals surface area contributed by atoms with Gasteiger partial charge in [0.2, 0.25) is 5.88 Å². The lowest BCUT2D eigenvalue weighted by molar-refractivity contribution is 0.293. The van der Waals surface area contributed by atoms with Gasteiger partial charge in [-0.3, -0.25) is 4.98 Å². The van der Waals surface area contributed by atoms with Crippen LogP contribution in [0.1, 0.15) is 5.56 Å². The van der Waals surface area contributed by atoms with Crippen molar-refractivity contribution in [3.05, 3.63) is 52.9 Å². The number of hydrogen-bond acceptors (Lipinski definition) is 3. The molecule has 2 heterocycles. The molecule has 4 heteroatoms. The van der Waals surface area contributed by atoms with Crippen LogP contribution < -0.4 is 4.74 Å². The van der Waals surface area contributed by atoms with Crippen molar-refractivity contribution in [1.29, 1.82) is 0 Å². The van der Waals surface area contributed by atoms with E-state index in [-0.39, 0.29) is 0 Å². The summed E-state index contributed by atoms with van der Waals surface area (Å²) in [6.45, 7) is 0.511. The zero-order valence-electron chi connectivity index (χ0n) is 7.93. The second-order valence-corrected chi connectivity index (χ2v) is 3.87. The molecule has 0 atom stereocenters. The van der Waals surface area contributed by atoms with Crippen LogP contribution in [-0.4, -0.2) is 9.97 Å². The van der Waals surface area contributed by atoms with Gasteiger partial charge >= 0.3 is 0 Å². The molecule has 0 aliphatic heterocycles. The molecule has 0 bridgehead atoms. The highest BCUT2D eigenvalue weighted by molar-refractivity contribution is 9.10. The number of hydrogen-bond donors (Lipinski definition) is 0. The molecule has 0 aliphatic rings. The fourth-order valence-electron chi connectivity index (χ4n) is 1.08. The molecule has 3 nitrogen and oxygen atoms in total. The predicted molar refractivity (Wildman–Crippen MR) is 60.5 cm³/mol. The molecule has 0 saturated heterocycles. The van der Waals surface area contributed by atoms with Gasteiger partial charge in [0.25, 0.3) is 0 Å². The van der Waals surface area contributed by atoms with Crippen molar-refractivity contribution >= 4 is 15.9 Å². The number of halogens is 1. The van der Waals surface area contributed by atoms with Gasteiger partial charge in [-0.1, -0.05) is 0 Å². The quantitative estimate of drug-likeness (QED) is 0.855. The summed E-state index contributed by atoms with van der Waals surface area (Å²) in [5.74, 6) is 0.620. The van der Waals surface area contributed by atoms with Crippen molar-refractivity contribution in [3.63, 3.8) is 0 Å². The van der Waals surface area contributed by atoms with Crippen LogP contribution >= 0.6 is 15.9 Å². The minimum Gasteiger partial charge on any atom is -0.473 e. The van der Waals surface area contributed by atoms with E-state index in [0.29, 0.717) is 12.5 Å². The number of nitrogens with zero attached hydrogens (tertiary/aromatic N) is 2. The van der Waals surface area contributed by atoms with Crippen LogP contribution in [0.4, 0.5) is 0 Å². The third-order valence-electron chi connectivity index (χ3n) is 1.84. The van der Waals surface area contributed by atoms with E-state index < -0.39 is 0 Å². The highest BCUT2D eigenvalue weighted by atomic mass is 79.9. The Hall–Kier alpha value is -1.42. The molecule has 2 aromatic heterocycles. The Morgan fingerprint density at radius 3 is 2.60 bits per heavy atom. The standard InChI is InChI=1S/C11H9BrN2O/c12-10-1-2-11(14-7-10)15-8-9-3-5-13-6-4-9/h1-7H,8H2. The summed E-state index contributed by atoms with van der Waals surface area (Å²) in [4.78, 5) is 8.04. The van der Waals surface area contributed by atoms with Crippen LogP contribution in [0.5, 0.6) is 5.88 Å². The van der Waals surface area contributed by atoms with Crippen LogP contribution in [0.15, 0.2) is 47.3 Å². The summed E-state index contributed by atoms with van der Waals surface area (Å²) in [6, 6.07) is 7.55. The van der Waals surface area contributed by atoms with Crippen LogP contribution in [0, 0.1) is 0 Å². The lowest BCUT2D eigenvalue weighted by Crippen LogP contribution is -1.96. The molecule has 15 heavy (non-hydrogen) atoms. The smallest absolute Gasteiger partial charge is 0.213 e. The zero-order valence-corrected chi connectivity index (χ0v) is 9.52. The number of pyridine rings is 2. The first kappa shape index (κ1) is 10.1. The Kier molecular flexibility index (Phi) is 3.29. The van der Waals surface area contributed by atoms with E-state index in [0.717, 1.165) is 10.0 Å². The van der Waals surface area contributed by atoms with Crippen molar-refractivity contribution in [1.82, 2.24) is 9.97 Å². The van der Waals surface area contributed by atoms with Crippen molar-refractivity contribution in [2.24, 2.45) is 0 Å². The monoisotopic (exact) mass is 264 g/mol. The second kappa shape index (κ2) is 4.89. The number of aromatic nitrogens is 2. The third kappa shape index (κ3) is 3.02. The predicted octanol–water partition coefficient (Wildman–Crippen LogP) is 2.82. The molecule has 0 saturated carbocycles. The topological polar surface area (TPSA) is 35.0 Å². The molecule has 0 N–H and O–H groups in total. The van der Waals surface area contributed by atoms with Crippen molar-refractivity contribution in [2.45, 2.75) is 6.61 Å². The fourth-order valence-corrected chi connectivity index (χ4v) is 1.32. The van der Waals surface area contributed by atoms with Gasteiger partial charge in [0, 0.05) is 29.1 Å². The summed E-state index contributed by atoms with van der Waals surface area (Å²) < 4.78 is 6.43. The molecule has 0 unspecified atom stereocenters. The van der Waals surface area contributed by atoms with Gasteiger partial charge in [-0.15, -0.1) is 0 Å². The van der Waals surface area contributed by atoms with Crippen molar-refractivity contribution in [3.8, 4) is 5.88 Å². The van der Waals surface area contributed by atoms with Crippen LogP contribution in [0.25, 0.3) is 0 Å². The SMILES string of the molecule is Brc1ccc(OCc2ccncc2)nc1. The molecule has 0 spiro atoms. The molecule has 0 aliphatic carbocycles. The van der Waals surface area contributed by atoms with E-state index in [1.54, 1.807) is 18.6 Å².